The van der Waals surface area contributed by atoms with Gasteiger partial charge in [0.2, 0.25) is 0 Å². The maximum Gasteiger partial charge on any atom is 0.253 e. The molecule has 8 heteroatoms. The molecule has 0 radical (unpaired) electrons. The molecular formula is C28H25ClN2O4S. The number of sulfone groups is 1. The van der Waals surface area contributed by atoms with Crippen molar-refractivity contribution >= 4 is 38.2 Å². The number of fused-ring (bicyclic) bond motifs is 1. The van der Waals surface area contributed by atoms with E-state index in [0.717, 1.165) is 10.9 Å². The number of aromatic nitrogens is 1. The van der Waals surface area contributed by atoms with E-state index in [0.29, 0.717) is 47.6 Å². The normalized spacial score (nSPS) is 15.7. The predicted octanol–water partition coefficient (Wildman–Crippen LogP) is 4.99. The molecule has 36 heavy (non-hydrogen) atoms. The highest BCUT2D eigenvalue weighted by molar-refractivity contribution is 7.90. The number of carbonyl (C=O) groups excluding carboxylic acids is 1. The van der Waals surface area contributed by atoms with Crippen LogP contribution in [0.5, 0.6) is 0 Å². The van der Waals surface area contributed by atoms with Gasteiger partial charge in [-0.05, 0) is 60.4 Å². The van der Waals surface area contributed by atoms with Gasteiger partial charge in [0.25, 0.3) is 5.91 Å². The quantitative estimate of drug-likeness (QED) is 0.401. The van der Waals surface area contributed by atoms with Crippen LogP contribution in [0.2, 0.25) is 5.02 Å². The minimum absolute atomic E-state index is 0.143. The predicted molar refractivity (Wildman–Crippen MR) is 140 cm³/mol. The summed E-state index contributed by atoms with van der Waals surface area (Å²) in [5, 5.41) is 12.4. The lowest BCUT2D eigenvalue weighted by molar-refractivity contribution is -0.0211. The van der Waals surface area contributed by atoms with Gasteiger partial charge in [0.1, 0.15) is 0 Å². The van der Waals surface area contributed by atoms with Gasteiger partial charge in [0.15, 0.2) is 9.84 Å². The maximum atomic E-state index is 13.1. The average molecular weight is 521 g/mol. The van der Waals surface area contributed by atoms with E-state index in [9.17, 15) is 18.3 Å². The van der Waals surface area contributed by atoms with Crippen LogP contribution < -0.4 is 0 Å². The van der Waals surface area contributed by atoms with Gasteiger partial charge < -0.3 is 10.0 Å². The highest BCUT2D eigenvalue weighted by Gasteiger charge is 2.35. The average Bonchev–Trinajstić information content (AvgIpc) is 2.88. The molecule has 1 N–H and O–H groups in total. The van der Waals surface area contributed by atoms with Gasteiger partial charge in [-0.1, -0.05) is 54.1 Å². The number of para-hydroxylation sites is 1. The van der Waals surface area contributed by atoms with Gasteiger partial charge in [0, 0.05) is 35.3 Å². The Morgan fingerprint density at radius 2 is 1.67 bits per heavy atom. The summed E-state index contributed by atoms with van der Waals surface area (Å²) in [7, 11) is -3.63. The summed E-state index contributed by atoms with van der Waals surface area (Å²) < 4.78 is 26.3. The Bertz CT molecular complexity index is 1520. The number of halogens is 1. The minimum Gasteiger partial charge on any atom is -0.385 e. The van der Waals surface area contributed by atoms with Crippen molar-refractivity contribution in [3.8, 4) is 0 Å². The molecule has 4 aromatic rings. The van der Waals surface area contributed by atoms with E-state index in [1.54, 1.807) is 65.7 Å². The molecule has 184 valence electrons. The summed E-state index contributed by atoms with van der Waals surface area (Å²) in [5.41, 5.74) is 1.27. The zero-order chi connectivity index (χ0) is 25.3. The fourth-order valence-electron chi connectivity index (χ4n) is 4.70. The summed E-state index contributed by atoms with van der Waals surface area (Å²) in [6, 6.07) is 22.6. The smallest absolute Gasteiger partial charge is 0.253 e. The zero-order valence-electron chi connectivity index (χ0n) is 19.5. The van der Waals surface area contributed by atoms with Crippen molar-refractivity contribution in [1.82, 2.24) is 9.88 Å². The lowest BCUT2D eigenvalue weighted by Crippen LogP contribution is -2.45. The summed E-state index contributed by atoms with van der Waals surface area (Å²) >= 11 is 6.08. The summed E-state index contributed by atoms with van der Waals surface area (Å²) in [6.07, 6.45) is 2.40. The molecule has 5 rings (SSSR count). The highest BCUT2D eigenvalue weighted by atomic mass is 35.5. The molecule has 0 saturated carbocycles. The molecule has 0 atom stereocenters. The molecule has 2 heterocycles. The van der Waals surface area contributed by atoms with Crippen molar-refractivity contribution in [3.05, 3.63) is 107 Å². The van der Waals surface area contributed by atoms with Crippen LogP contribution in [0.1, 0.15) is 34.3 Å². The minimum atomic E-state index is -3.63. The van der Waals surface area contributed by atoms with Crippen LogP contribution in [0.15, 0.2) is 90.0 Å². The number of hydrogen-bond acceptors (Lipinski definition) is 5. The number of pyridine rings is 1. The second-order valence-corrected chi connectivity index (χ2v) is 11.5. The summed E-state index contributed by atoms with van der Waals surface area (Å²) in [4.78, 5) is 19.2. The summed E-state index contributed by atoms with van der Waals surface area (Å²) in [6.45, 7) is 0.818. The van der Waals surface area contributed by atoms with Crippen molar-refractivity contribution in [2.24, 2.45) is 0 Å². The Labute approximate surface area is 215 Å². The number of hydrogen-bond donors (Lipinski definition) is 1. The van der Waals surface area contributed by atoms with Gasteiger partial charge in [-0.2, -0.15) is 0 Å². The van der Waals surface area contributed by atoms with E-state index in [-0.39, 0.29) is 16.6 Å². The van der Waals surface area contributed by atoms with Crippen molar-refractivity contribution < 1.29 is 18.3 Å². The molecular weight excluding hydrogens is 496 g/mol. The van der Waals surface area contributed by atoms with Gasteiger partial charge in [-0.3, -0.25) is 9.78 Å². The summed E-state index contributed by atoms with van der Waals surface area (Å²) in [5.74, 6) is -0.330. The van der Waals surface area contributed by atoms with Crippen LogP contribution in [0, 0.1) is 0 Å². The van der Waals surface area contributed by atoms with Crippen molar-refractivity contribution in [2.75, 3.05) is 13.1 Å². The highest BCUT2D eigenvalue weighted by Crippen LogP contribution is 2.34. The van der Waals surface area contributed by atoms with Crippen LogP contribution in [0.25, 0.3) is 10.9 Å². The number of piperidine rings is 1. The SMILES string of the molecule is O=C(c1ccc(CS(=O)(=O)c2cccc3cccnc23)cc1)N1CCC(O)(c2cccc(Cl)c2)CC1. The standard InChI is InChI=1S/C28H25ClN2O4S/c29-24-7-2-6-23(18-24)28(33)13-16-31(17-14-28)27(32)22-11-9-20(10-12-22)19-36(34,35)25-8-1-4-21-5-3-15-30-26(21)25/h1-12,15,18,33H,13-14,16-17,19H2. The van der Waals surface area contributed by atoms with Crippen molar-refractivity contribution in [2.45, 2.75) is 29.1 Å². The second-order valence-electron chi connectivity index (χ2n) is 9.12. The molecule has 0 spiro atoms. The molecule has 0 aliphatic carbocycles. The first kappa shape index (κ1) is 24.4. The third-order valence-electron chi connectivity index (χ3n) is 6.73. The van der Waals surface area contributed by atoms with E-state index in [4.69, 9.17) is 11.6 Å². The molecule has 1 aliphatic rings. The molecule has 1 amide bonds. The number of rotatable bonds is 5. The van der Waals surface area contributed by atoms with E-state index in [1.165, 1.54) is 0 Å². The number of nitrogens with zero attached hydrogens (tertiary/aromatic N) is 2. The number of carbonyl (C=O) groups is 1. The topological polar surface area (TPSA) is 87.6 Å². The largest absolute Gasteiger partial charge is 0.385 e. The Morgan fingerprint density at radius 1 is 0.972 bits per heavy atom. The number of amides is 1. The third-order valence-corrected chi connectivity index (χ3v) is 8.68. The Hall–Kier alpha value is -3.26. The first-order valence-electron chi connectivity index (χ1n) is 11.7. The second kappa shape index (κ2) is 9.65. The Morgan fingerprint density at radius 3 is 2.39 bits per heavy atom. The molecule has 0 unspecified atom stereocenters. The Balaban J connectivity index is 1.27. The van der Waals surface area contributed by atoms with Crippen LogP contribution in [0.3, 0.4) is 0 Å². The lowest BCUT2D eigenvalue weighted by Gasteiger charge is -2.38. The lowest BCUT2D eigenvalue weighted by atomic mass is 9.84. The third kappa shape index (κ3) is 4.87. The molecule has 1 aliphatic heterocycles. The molecule has 3 aromatic carbocycles. The van der Waals surface area contributed by atoms with Crippen LogP contribution in [0.4, 0.5) is 0 Å². The molecule has 1 aromatic heterocycles. The van der Waals surface area contributed by atoms with E-state index in [1.807, 2.05) is 24.3 Å². The van der Waals surface area contributed by atoms with E-state index in [2.05, 4.69) is 4.98 Å². The van der Waals surface area contributed by atoms with E-state index >= 15 is 0 Å². The number of likely N-dealkylation sites (tertiary alicyclic amines) is 1. The molecule has 0 bridgehead atoms. The monoisotopic (exact) mass is 520 g/mol. The van der Waals surface area contributed by atoms with Gasteiger partial charge in [0.05, 0.1) is 21.8 Å². The molecule has 1 fully saturated rings. The first-order chi connectivity index (χ1) is 17.2. The van der Waals surface area contributed by atoms with E-state index < -0.39 is 15.4 Å². The number of benzene rings is 3. The fraction of sp³-hybridized carbons (Fsp3) is 0.214. The van der Waals surface area contributed by atoms with Gasteiger partial charge in [-0.25, -0.2) is 8.42 Å². The molecule has 1 saturated heterocycles. The number of aliphatic hydroxyl groups is 1. The van der Waals surface area contributed by atoms with Crippen molar-refractivity contribution in [3.63, 3.8) is 0 Å². The maximum absolute atomic E-state index is 13.1. The Kier molecular flexibility index (Phi) is 6.55. The first-order valence-corrected chi connectivity index (χ1v) is 13.7. The van der Waals surface area contributed by atoms with Crippen molar-refractivity contribution in [1.29, 1.82) is 0 Å². The van der Waals surface area contributed by atoms with Crippen LogP contribution in [-0.4, -0.2) is 42.4 Å². The van der Waals surface area contributed by atoms with Gasteiger partial charge >= 0.3 is 0 Å². The zero-order valence-corrected chi connectivity index (χ0v) is 21.0. The van der Waals surface area contributed by atoms with Crippen LogP contribution >= 0.6 is 11.6 Å². The van der Waals surface area contributed by atoms with Gasteiger partial charge in [-0.15, -0.1) is 0 Å². The fourth-order valence-corrected chi connectivity index (χ4v) is 6.42. The van der Waals surface area contributed by atoms with Crippen LogP contribution in [-0.2, 0) is 21.2 Å². The molecule has 6 nitrogen and oxygen atoms in total.